The summed E-state index contributed by atoms with van der Waals surface area (Å²) in [5.41, 5.74) is 13.1. The minimum Gasteiger partial charge on any atom is -0.309 e. The van der Waals surface area contributed by atoms with Gasteiger partial charge in [0.05, 0.1) is 33.5 Å². The van der Waals surface area contributed by atoms with Gasteiger partial charge >= 0.3 is 0 Å². The van der Waals surface area contributed by atoms with E-state index in [1.165, 1.54) is 38.1 Å². The fourth-order valence-electron chi connectivity index (χ4n) is 7.59. The topological polar surface area (TPSA) is 35.6 Å². The van der Waals surface area contributed by atoms with Crippen molar-refractivity contribution in [3.63, 3.8) is 0 Å². The summed E-state index contributed by atoms with van der Waals surface area (Å²) in [6, 6.07) is 62.5. The van der Waals surface area contributed by atoms with Crippen molar-refractivity contribution in [1.29, 1.82) is 0 Å². The summed E-state index contributed by atoms with van der Waals surface area (Å²) in [5.74, 6) is 0.651. The molecule has 240 valence electrons. The maximum absolute atomic E-state index is 5.25. The molecule has 0 aliphatic heterocycles. The Balaban J connectivity index is 1.21. The second-order valence-corrected chi connectivity index (χ2v) is 13.2. The van der Waals surface area contributed by atoms with Gasteiger partial charge in [0, 0.05) is 38.4 Å². The monoisotopic (exact) mass is 652 g/mol. The highest BCUT2D eigenvalue weighted by atomic mass is 15.2. The predicted octanol–water partition coefficient (Wildman–Crippen LogP) is 12.0. The summed E-state index contributed by atoms with van der Waals surface area (Å²) in [6.45, 7) is 2.15. The van der Waals surface area contributed by atoms with E-state index in [-0.39, 0.29) is 0 Å². The molecular weight excluding hydrogens is 621 g/mol. The van der Waals surface area contributed by atoms with Crippen molar-refractivity contribution in [2.75, 3.05) is 0 Å². The van der Waals surface area contributed by atoms with Crippen LogP contribution < -0.4 is 0 Å². The average molecular weight is 653 g/mol. The van der Waals surface area contributed by atoms with Crippen molar-refractivity contribution in [2.24, 2.45) is 0 Å². The Kier molecular flexibility index (Phi) is 6.68. The zero-order valence-corrected chi connectivity index (χ0v) is 28.0. The number of aryl methyl sites for hydroxylation is 1. The molecule has 0 aliphatic carbocycles. The van der Waals surface area contributed by atoms with Crippen LogP contribution in [-0.2, 0) is 0 Å². The Morgan fingerprint density at radius 1 is 0.353 bits per heavy atom. The molecule has 0 radical (unpaired) electrons. The molecule has 3 heterocycles. The molecule has 3 aromatic heterocycles. The van der Waals surface area contributed by atoms with Crippen LogP contribution >= 0.6 is 0 Å². The number of hydrogen-bond donors (Lipinski definition) is 0. The standard InChI is InChI=1S/C47H32N4/c1-31-21-25-45-39(27-31)38-24-22-35(34-23-26-44-40(28-34)37-19-11-12-20-43(37)50(44)36-17-9-4-10-18-36)29-46(38)51(45)47-48-41(32-13-5-2-6-14-32)30-42(49-47)33-15-7-3-8-16-33/h2-30H,1H3. The van der Waals surface area contributed by atoms with Crippen LogP contribution in [0.2, 0.25) is 0 Å². The Morgan fingerprint density at radius 2 is 0.882 bits per heavy atom. The van der Waals surface area contributed by atoms with Gasteiger partial charge in [-0.2, -0.15) is 0 Å². The van der Waals surface area contributed by atoms with Gasteiger partial charge < -0.3 is 4.57 Å². The second-order valence-electron chi connectivity index (χ2n) is 13.2. The molecule has 0 unspecified atom stereocenters. The Morgan fingerprint density at radius 3 is 1.61 bits per heavy atom. The highest BCUT2D eigenvalue weighted by Gasteiger charge is 2.19. The van der Waals surface area contributed by atoms with Crippen molar-refractivity contribution >= 4 is 43.6 Å². The number of nitrogens with zero attached hydrogens (tertiary/aromatic N) is 4. The maximum atomic E-state index is 5.25. The van der Waals surface area contributed by atoms with Crippen LogP contribution in [0.15, 0.2) is 176 Å². The molecule has 10 rings (SSSR count). The summed E-state index contributed by atoms with van der Waals surface area (Å²) in [7, 11) is 0. The molecule has 0 bridgehead atoms. The largest absolute Gasteiger partial charge is 0.309 e. The van der Waals surface area contributed by atoms with E-state index in [1.54, 1.807) is 0 Å². The normalized spacial score (nSPS) is 11.6. The van der Waals surface area contributed by atoms with E-state index in [0.29, 0.717) is 5.95 Å². The first kappa shape index (κ1) is 29.2. The molecule has 51 heavy (non-hydrogen) atoms. The lowest BCUT2D eigenvalue weighted by Crippen LogP contribution is -2.04. The van der Waals surface area contributed by atoms with Gasteiger partial charge in [0.1, 0.15) is 0 Å². The van der Waals surface area contributed by atoms with Crippen LogP contribution in [0.5, 0.6) is 0 Å². The number of hydrogen-bond acceptors (Lipinski definition) is 2. The van der Waals surface area contributed by atoms with Crippen molar-refractivity contribution in [3.8, 4) is 45.3 Å². The van der Waals surface area contributed by atoms with Gasteiger partial charge in [-0.25, -0.2) is 9.97 Å². The predicted molar refractivity (Wildman–Crippen MR) is 212 cm³/mol. The average Bonchev–Trinajstić information content (AvgIpc) is 3.70. The van der Waals surface area contributed by atoms with Gasteiger partial charge in [-0.3, -0.25) is 4.57 Å². The van der Waals surface area contributed by atoms with Gasteiger partial charge in [0.2, 0.25) is 5.95 Å². The zero-order chi connectivity index (χ0) is 33.9. The molecule has 0 spiro atoms. The Bertz CT molecular complexity index is 2840. The van der Waals surface area contributed by atoms with Gasteiger partial charge in [-0.05, 0) is 72.6 Å². The van der Waals surface area contributed by atoms with Crippen LogP contribution in [0.4, 0.5) is 0 Å². The van der Waals surface area contributed by atoms with Crippen LogP contribution in [0.25, 0.3) is 88.9 Å². The van der Waals surface area contributed by atoms with E-state index in [1.807, 2.05) is 12.1 Å². The number of fused-ring (bicyclic) bond motifs is 6. The highest BCUT2D eigenvalue weighted by molar-refractivity contribution is 6.12. The number of benzene rings is 7. The summed E-state index contributed by atoms with van der Waals surface area (Å²) < 4.78 is 4.60. The zero-order valence-electron chi connectivity index (χ0n) is 28.0. The number of rotatable bonds is 5. The Hall–Kier alpha value is -6.78. The lowest BCUT2D eigenvalue weighted by atomic mass is 10.0. The van der Waals surface area contributed by atoms with Gasteiger partial charge in [0.15, 0.2) is 0 Å². The number of para-hydroxylation sites is 2. The van der Waals surface area contributed by atoms with Crippen LogP contribution in [0, 0.1) is 6.92 Å². The minimum atomic E-state index is 0.651. The summed E-state index contributed by atoms with van der Waals surface area (Å²) in [6.07, 6.45) is 0. The van der Waals surface area contributed by atoms with Gasteiger partial charge in [-0.15, -0.1) is 0 Å². The summed E-state index contributed by atoms with van der Waals surface area (Å²) in [5, 5.41) is 4.83. The van der Waals surface area contributed by atoms with Crippen molar-refractivity contribution in [1.82, 2.24) is 19.1 Å². The van der Waals surface area contributed by atoms with E-state index >= 15 is 0 Å². The third-order valence-corrected chi connectivity index (χ3v) is 10.00. The van der Waals surface area contributed by atoms with E-state index in [4.69, 9.17) is 9.97 Å². The van der Waals surface area contributed by atoms with Crippen LogP contribution in [0.3, 0.4) is 0 Å². The van der Waals surface area contributed by atoms with Crippen molar-refractivity contribution in [3.05, 3.63) is 181 Å². The van der Waals surface area contributed by atoms with Crippen LogP contribution in [-0.4, -0.2) is 19.1 Å². The molecule has 4 heteroatoms. The molecular formula is C47H32N4. The first-order valence-corrected chi connectivity index (χ1v) is 17.3. The van der Waals surface area contributed by atoms with Crippen molar-refractivity contribution in [2.45, 2.75) is 6.92 Å². The third kappa shape index (κ3) is 4.84. The fourth-order valence-corrected chi connectivity index (χ4v) is 7.59. The molecule has 0 fully saturated rings. The summed E-state index contributed by atoms with van der Waals surface area (Å²) in [4.78, 5) is 10.5. The van der Waals surface area contributed by atoms with E-state index in [9.17, 15) is 0 Å². The molecule has 0 atom stereocenters. The second kappa shape index (κ2) is 11.7. The molecule has 0 amide bonds. The minimum absolute atomic E-state index is 0.651. The molecule has 10 aromatic rings. The summed E-state index contributed by atoms with van der Waals surface area (Å²) >= 11 is 0. The highest BCUT2D eigenvalue weighted by Crippen LogP contribution is 2.38. The molecule has 0 aliphatic rings. The quantitative estimate of drug-likeness (QED) is 0.185. The van der Waals surface area contributed by atoms with E-state index in [2.05, 4.69) is 180 Å². The first-order valence-electron chi connectivity index (χ1n) is 17.3. The number of aromatic nitrogens is 4. The van der Waals surface area contributed by atoms with E-state index < -0.39 is 0 Å². The molecule has 7 aromatic carbocycles. The lowest BCUT2D eigenvalue weighted by molar-refractivity contribution is 0.995. The first-order chi connectivity index (χ1) is 25.2. The molecule has 0 saturated heterocycles. The van der Waals surface area contributed by atoms with Crippen LogP contribution in [0.1, 0.15) is 5.56 Å². The van der Waals surface area contributed by atoms with Gasteiger partial charge in [0.25, 0.3) is 0 Å². The fraction of sp³-hybridized carbons (Fsp3) is 0.0213. The SMILES string of the molecule is Cc1ccc2c(c1)c1ccc(-c3ccc4c(c3)c3ccccc3n4-c3ccccc3)cc1n2-c1nc(-c2ccccc2)cc(-c2ccccc2)n1. The molecule has 0 saturated carbocycles. The molecule has 4 nitrogen and oxygen atoms in total. The maximum Gasteiger partial charge on any atom is 0.235 e. The van der Waals surface area contributed by atoms with E-state index in [0.717, 1.165) is 50.4 Å². The van der Waals surface area contributed by atoms with Gasteiger partial charge in [-0.1, -0.05) is 127 Å². The molecule has 0 N–H and O–H groups in total. The van der Waals surface area contributed by atoms with Crippen molar-refractivity contribution < 1.29 is 0 Å². The lowest BCUT2D eigenvalue weighted by Gasteiger charge is -2.12. The third-order valence-electron chi connectivity index (χ3n) is 10.00. The smallest absolute Gasteiger partial charge is 0.235 e. The Labute approximate surface area is 295 Å².